The lowest BCUT2D eigenvalue weighted by Crippen LogP contribution is -2.61. The van der Waals surface area contributed by atoms with Crippen molar-refractivity contribution in [3.63, 3.8) is 0 Å². The number of carboxylic acid groups (broad SMARTS) is 1. The summed E-state index contributed by atoms with van der Waals surface area (Å²) >= 11 is 3.91. The second-order valence-corrected chi connectivity index (χ2v) is 6.19. The number of nitrogens with one attached hydrogen (secondary N) is 3. The van der Waals surface area contributed by atoms with Crippen molar-refractivity contribution in [3.05, 3.63) is 0 Å². The monoisotopic (exact) mass is 410 g/mol. The van der Waals surface area contributed by atoms with Gasteiger partial charge in [-0.15, -0.1) is 0 Å². The normalized spacial score (nSPS) is 17.6. The molecule has 9 N–H and O–H groups in total. The predicted octanol–water partition coefficient (Wildman–Crippen LogP) is -4.46. The molecule has 0 aliphatic rings. The lowest BCUT2D eigenvalue weighted by molar-refractivity contribution is -0.145. The van der Waals surface area contributed by atoms with Gasteiger partial charge in [-0.05, 0) is 13.8 Å². The highest BCUT2D eigenvalue weighted by Crippen LogP contribution is 2.00. The number of thiol groups is 1. The topological polar surface area (TPSA) is 211 Å². The highest BCUT2D eigenvalue weighted by atomic mass is 32.1. The smallest absolute Gasteiger partial charge is 0.328 e. The summed E-state index contributed by atoms with van der Waals surface area (Å²) in [6.45, 7) is 1.69. The van der Waals surface area contributed by atoms with Crippen molar-refractivity contribution in [2.24, 2.45) is 5.73 Å². The van der Waals surface area contributed by atoms with Crippen LogP contribution in [0.3, 0.4) is 0 Å². The minimum absolute atomic E-state index is 0.236. The first-order valence-electron chi connectivity index (χ1n) is 7.93. The first-order chi connectivity index (χ1) is 12.5. The fraction of sp³-hybridized carbons (Fsp3) is 0.714. The minimum Gasteiger partial charge on any atom is -0.480 e. The molecule has 0 aromatic heterocycles. The Hall–Kier alpha value is -1.93. The van der Waals surface area contributed by atoms with Gasteiger partial charge < -0.3 is 42.1 Å². The van der Waals surface area contributed by atoms with E-state index in [1.807, 2.05) is 0 Å². The number of carbonyl (C=O) groups is 4. The number of rotatable bonds is 11. The summed E-state index contributed by atoms with van der Waals surface area (Å²) in [5.74, 6) is -4.50. The van der Waals surface area contributed by atoms with E-state index < -0.39 is 66.7 Å². The van der Waals surface area contributed by atoms with Crippen LogP contribution in [0.25, 0.3) is 0 Å². The van der Waals surface area contributed by atoms with Crippen LogP contribution in [0, 0.1) is 0 Å². The van der Waals surface area contributed by atoms with Gasteiger partial charge in [0.05, 0.1) is 18.8 Å². The molecule has 0 aliphatic carbocycles. The zero-order chi connectivity index (χ0) is 21.3. The highest BCUT2D eigenvalue weighted by molar-refractivity contribution is 7.80. The summed E-state index contributed by atoms with van der Waals surface area (Å²) in [4.78, 5) is 47.2. The molecule has 12 nitrogen and oxygen atoms in total. The molecule has 0 aromatic rings. The van der Waals surface area contributed by atoms with Gasteiger partial charge in [0.15, 0.2) is 6.04 Å². The molecule has 0 aliphatic heterocycles. The van der Waals surface area contributed by atoms with E-state index in [0.717, 1.165) is 6.92 Å². The van der Waals surface area contributed by atoms with Crippen molar-refractivity contribution in [2.75, 3.05) is 12.4 Å². The number of aliphatic hydroxyl groups excluding tert-OH is 3. The number of aliphatic hydroxyl groups is 3. The van der Waals surface area contributed by atoms with Crippen LogP contribution in [-0.2, 0) is 19.2 Å². The fourth-order valence-electron chi connectivity index (χ4n) is 1.85. The zero-order valence-corrected chi connectivity index (χ0v) is 15.7. The Morgan fingerprint density at radius 2 is 1.41 bits per heavy atom. The van der Waals surface area contributed by atoms with Crippen molar-refractivity contribution in [2.45, 2.75) is 50.2 Å². The number of amides is 3. The average Bonchev–Trinajstić information content (AvgIpc) is 2.59. The van der Waals surface area contributed by atoms with Gasteiger partial charge in [0.2, 0.25) is 17.7 Å². The Labute approximate surface area is 160 Å². The lowest BCUT2D eigenvalue weighted by Gasteiger charge is -2.26. The molecule has 0 rings (SSSR count). The summed E-state index contributed by atoms with van der Waals surface area (Å²) in [5, 5.41) is 43.3. The van der Waals surface area contributed by atoms with E-state index in [-0.39, 0.29) is 5.75 Å². The standard InChI is InChI=1S/C14H26N4O8S/c1-5(20)9(17-11(22)7(15)3-19)13(24)16-8(4-27)12(23)18-10(6(2)21)14(25)26/h5-10,19-21,27H,3-4,15H2,1-2H3,(H,16,24)(H,17,22)(H,18,23)(H,25,26). The molecule has 0 spiro atoms. The summed E-state index contributed by atoms with van der Waals surface area (Å²) in [6, 6.07) is -5.72. The van der Waals surface area contributed by atoms with Gasteiger partial charge in [-0.3, -0.25) is 14.4 Å². The van der Waals surface area contributed by atoms with E-state index >= 15 is 0 Å². The Morgan fingerprint density at radius 3 is 1.78 bits per heavy atom. The maximum atomic E-state index is 12.3. The maximum absolute atomic E-state index is 12.3. The van der Waals surface area contributed by atoms with Gasteiger partial charge in [-0.25, -0.2) is 4.79 Å². The largest absolute Gasteiger partial charge is 0.480 e. The van der Waals surface area contributed by atoms with E-state index in [2.05, 4.69) is 28.6 Å². The molecule has 27 heavy (non-hydrogen) atoms. The minimum atomic E-state index is -1.60. The van der Waals surface area contributed by atoms with E-state index in [0.29, 0.717) is 0 Å². The molecule has 0 radical (unpaired) electrons. The molecule has 0 saturated carbocycles. The number of hydrogen-bond donors (Lipinski definition) is 9. The van der Waals surface area contributed by atoms with Gasteiger partial charge in [-0.2, -0.15) is 12.6 Å². The van der Waals surface area contributed by atoms with Crippen molar-refractivity contribution >= 4 is 36.3 Å². The van der Waals surface area contributed by atoms with E-state index in [4.69, 9.17) is 15.9 Å². The molecule has 0 fully saturated rings. The van der Waals surface area contributed by atoms with Crippen LogP contribution in [0.2, 0.25) is 0 Å². The predicted molar refractivity (Wildman–Crippen MR) is 95.7 cm³/mol. The van der Waals surface area contributed by atoms with Gasteiger partial charge in [0, 0.05) is 5.75 Å². The summed E-state index contributed by atoms with van der Waals surface area (Å²) in [5.41, 5.74) is 5.32. The first kappa shape index (κ1) is 25.1. The van der Waals surface area contributed by atoms with Gasteiger partial charge in [0.25, 0.3) is 0 Å². The molecule has 0 heterocycles. The van der Waals surface area contributed by atoms with Crippen molar-refractivity contribution in [3.8, 4) is 0 Å². The first-order valence-corrected chi connectivity index (χ1v) is 8.56. The second-order valence-electron chi connectivity index (χ2n) is 5.82. The Balaban J connectivity index is 5.13. The Bertz CT molecular complexity index is 545. The molecule has 13 heteroatoms. The van der Waals surface area contributed by atoms with Crippen LogP contribution < -0.4 is 21.7 Å². The number of nitrogens with two attached hydrogens (primary N) is 1. The van der Waals surface area contributed by atoms with E-state index in [1.165, 1.54) is 6.92 Å². The summed E-state index contributed by atoms with van der Waals surface area (Å²) in [7, 11) is 0. The molecule has 0 saturated heterocycles. The third-order valence-corrected chi connectivity index (χ3v) is 3.82. The molecule has 3 amide bonds. The third-order valence-electron chi connectivity index (χ3n) is 3.46. The van der Waals surface area contributed by atoms with E-state index in [9.17, 15) is 29.4 Å². The van der Waals surface area contributed by atoms with Crippen LogP contribution in [-0.4, -0.2) is 92.9 Å². The number of carboxylic acids is 1. The van der Waals surface area contributed by atoms with Gasteiger partial charge >= 0.3 is 5.97 Å². The molecular weight excluding hydrogens is 384 g/mol. The Kier molecular flexibility index (Phi) is 10.9. The molecular formula is C14H26N4O8S. The van der Waals surface area contributed by atoms with Crippen LogP contribution in [0.15, 0.2) is 0 Å². The second kappa shape index (κ2) is 11.7. The van der Waals surface area contributed by atoms with Gasteiger partial charge in [-0.1, -0.05) is 0 Å². The van der Waals surface area contributed by atoms with E-state index in [1.54, 1.807) is 0 Å². The van der Waals surface area contributed by atoms with Crippen LogP contribution in [0.5, 0.6) is 0 Å². The molecule has 156 valence electrons. The number of carbonyl (C=O) groups excluding carboxylic acids is 3. The van der Waals surface area contributed by atoms with Crippen LogP contribution in [0.4, 0.5) is 0 Å². The quantitative estimate of drug-likeness (QED) is 0.150. The van der Waals surface area contributed by atoms with Crippen LogP contribution in [0.1, 0.15) is 13.8 Å². The zero-order valence-electron chi connectivity index (χ0n) is 14.8. The number of hydrogen-bond acceptors (Lipinski definition) is 9. The molecule has 6 atom stereocenters. The Morgan fingerprint density at radius 1 is 0.926 bits per heavy atom. The SMILES string of the molecule is CC(O)C(NC(=O)C(CS)NC(=O)C(NC(=O)C(N)CO)C(C)O)C(=O)O. The van der Waals surface area contributed by atoms with Crippen molar-refractivity contribution < 1.29 is 39.6 Å². The van der Waals surface area contributed by atoms with Crippen molar-refractivity contribution in [1.29, 1.82) is 0 Å². The third kappa shape index (κ3) is 8.09. The molecule has 6 unspecified atom stereocenters. The maximum Gasteiger partial charge on any atom is 0.328 e. The summed E-state index contributed by atoms with van der Waals surface area (Å²) in [6.07, 6.45) is -2.76. The lowest BCUT2D eigenvalue weighted by atomic mass is 10.1. The van der Waals surface area contributed by atoms with Crippen molar-refractivity contribution in [1.82, 2.24) is 16.0 Å². The highest BCUT2D eigenvalue weighted by Gasteiger charge is 2.32. The molecule has 0 bridgehead atoms. The average molecular weight is 410 g/mol. The fourth-order valence-corrected chi connectivity index (χ4v) is 2.10. The van der Waals surface area contributed by atoms with Crippen LogP contribution >= 0.6 is 12.6 Å². The van der Waals surface area contributed by atoms with Gasteiger partial charge in [0.1, 0.15) is 18.1 Å². The summed E-state index contributed by atoms with van der Waals surface area (Å²) < 4.78 is 0. The number of aliphatic carboxylic acids is 1. The molecule has 0 aromatic carbocycles.